The van der Waals surface area contributed by atoms with Gasteiger partial charge in [0.2, 0.25) is 0 Å². The summed E-state index contributed by atoms with van der Waals surface area (Å²) in [7, 11) is 0. The van der Waals surface area contributed by atoms with Crippen molar-refractivity contribution in [3.8, 4) is 0 Å². The smallest absolute Gasteiger partial charge is 0.335 e. The van der Waals surface area contributed by atoms with Crippen molar-refractivity contribution in [3.63, 3.8) is 0 Å². The van der Waals surface area contributed by atoms with Crippen LogP contribution in [0.1, 0.15) is 27.6 Å². The Labute approximate surface area is 98.7 Å². The first-order chi connectivity index (χ1) is 8.08. The van der Waals surface area contributed by atoms with Crippen molar-refractivity contribution in [2.75, 3.05) is 0 Å². The summed E-state index contributed by atoms with van der Waals surface area (Å²) in [6.07, 6.45) is 0. The molecule has 5 nitrogen and oxygen atoms in total. The molecule has 0 aliphatic rings. The molecule has 0 saturated carbocycles. The van der Waals surface area contributed by atoms with E-state index in [1.807, 2.05) is 30.5 Å². The molecule has 0 amide bonds. The van der Waals surface area contributed by atoms with Gasteiger partial charge in [-0.2, -0.15) is 0 Å². The summed E-state index contributed by atoms with van der Waals surface area (Å²) in [5, 5.41) is 16.7. The van der Waals surface area contributed by atoms with Crippen LogP contribution in [-0.4, -0.2) is 25.8 Å². The average Bonchev–Trinajstić information content (AvgIpc) is 2.61. The van der Waals surface area contributed by atoms with Crippen LogP contribution in [0.5, 0.6) is 0 Å². The van der Waals surface area contributed by atoms with Crippen molar-refractivity contribution in [2.24, 2.45) is 0 Å². The highest BCUT2D eigenvalue weighted by molar-refractivity contribution is 5.87. The molecule has 0 radical (unpaired) electrons. The molecule has 0 aliphatic heterocycles. The van der Waals surface area contributed by atoms with Gasteiger partial charge in [-0.3, -0.25) is 0 Å². The van der Waals surface area contributed by atoms with Crippen molar-refractivity contribution < 1.29 is 9.90 Å². The molecule has 0 spiro atoms. The standard InChI is InChI=1S/C12H13N3O2/c1-8-13-14-9(2)15(8)7-10-3-5-11(6-4-10)12(16)17/h3-6H,7H2,1-2H3,(H,16,17). The van der Waals surface area contributed by atoms with E-state index in [0.717, 1.165) is 17.2 Å². The first-order valence-corrected chi connectivity index (χ1v) is 5.26. The van der Waals surface area contributed by atoms with Crippen LogP contribution in [-0.2, 0) is 6.54 Å². The number of hydrogen-bond donors (Lipinski definition) is 1. The van der Waals surface area contributed by atoms with Gasteiger partial charge in [-0.15, -0.1) is 10.2 Å². The van der Waals surface area contributed by atoms with Crippen LogP contribution >= 0.6 is 0 Å². The van der Waals surface area contributed by atoms with Gasteiger partial charge in [0.25, 0.3) is 0 Å². The second-order valence-electron chi connectivity index (χ2n) is 3.88. The predicted molar refractivity (Wildman–Crippen MR) is 62.0 cm³/mol. The maximum atomic E-state index is 10.7. The molecule has 1 aromatic heterocycles. The molecule has 0 unspecified atom stereocenters. The Bertz CT molecular complexity index is 524. The minimum atomic E-state index is -0.909. The zero-order valence-electron chi connectivity index (χ0n) is 9.71. The molecule has 0 bridgehead atoms. The first-order valence-electron chi connectivity index (χ1n) is 5.26. The Balaban J connectivity index is 2.22. The summed E-state index contributed by atoms with van der Waals surface area (Å²) in [6.45, 7) is 4.45. The van der Waals surface area contributed by atoms with Crippen molar-refractivity contribution in [3.05, 3.63) is 47.0 Å². The fraction of sp³-hybridized carbons (Fsp3) is 0.250. The fourth-order valence-corrected chi connectivity index (χ4v) is 1.65. The second kappa shape index (κ2) is 4.37. The van der Waals surface area contributed by atoms with Crippen molar-refractivity contribution in [1.29, 1.82) is 0 Å². The van der Waals surface area contributed by atoms with Gasteiger partial charge in [0, 0.05) is 0 Å². The number of aromatic nitrogens is 3. The molecule has 88 valence electrons. The fourth-order valence-electron chi connectivity index (χ4n) is 1.65. The highest BCUT2D eigenvalue weighted by Gasteiger charge is 2.06. The quantitative estimate of drug-likeness (QED) is 0.871. The number of carboxylic acids is 1. The molecular weight excluding hydrogens is 218 g/mol. The van der Waals surface area contributed by atoms with Crippen LogP contribution in [0.3, 0.4) is 0 Å². The van der Waals surface area contributed by atoms with E-state index in [1.165, 1.54) is 0 Å². The number of carbonyl (C=O) groups is 1. The lowest BCUT2D eigenvalue weighted by molar-refractivity contribution is 0.0697. The molecule has 1 N–H and O–H groups in total. The lowest BCUT2D eigenvalue weighted by Crippen LogP contribution is -2.05. The largest absolute Gasteiger partial charge is 0.478 e. The number of hydrogen-bond acceptors (Lipinski definition) is 3. The summed E-state index contributed by atoms with van der Waals surface area (Å²) in [5.41, 5.74) is 1.33. The Morgan fingerprint density at radius 2 is 1.71 bits per heavy atom. The summed E-state index contributed by atoms with van der Waals surface area (Å²) < 4.78 is 1.98. The van der Waals surface area contributed by atoms with E-state index >= 15 is 0 Å². The van der Waals surface area contributed by atoms with Gasteiger partial charge in [-0.05, 0) is 31.5 Å². The van der Waals surface area contributed by atoms with Crippen LogP contribution in [0.2, 0.25) is 0 Å². The van der Waals surface area contributed by atoms with E-state index in [1.54, 1.807) is 12.1 Å². The van der Waals surface area contributed by atoms with E-state index in [0.29, 0.717) is 12.1 Å². The van der Waals surface area contributed by atoms with Crippen LogP contribution in [0, 0.1) is 13.8 Å². The van der Waals surface area contributed by atoms with E-state index < -0.39 is 5.97 Å². The summed E-state index contributed by atoms with van der Waals surface area (Å²) in [5.74, 6) is 0.794. The number of aromatic carboxylic acids is 1. The van der Waals surface area contributed by atoms with E-state index in [9.17, 15) is 4.79 Å². The maximum Gasteiger partial charge on any atom is 0.335 e. The molecule has 1 aromatic carbocycles. The highest BCUT2D eigenvalue weighted by Crippen LogP contribution is 2.09. The van der Waals surface area contributed by atoms with Crippen LogP contribution in [0.25, 0.3) is 0 Å². The molecule has 2 aromatic rings. The van der Waals surface area contributed by atoms with Gasteiger partial charge in [-0.25, -0.2) is 4.79 Å². The number of carboxylic acid groups (broad SMARTS) is 1. The third-order valence-corrected chi connectivity index (χ3v) is 2.66. The van der Waals surface area contributed by atoms with Crippen LogP contribution < -0.4 is 0 Å². The van der Waals surface area contributed by atoms with Crippen molar-refractivity contribution >= 4 is 5.97 Å². The van der Waals surface area contributed by atoms with Gasteiger partial charge in [0.1, 0.15) is 11.6 Å². The van der Waals surface area contributed by atoms with E-state index in [4.69, 9.17) is 5.11 Å². The molecule has 1 heterocycles. The van der Waals surface area contributed by atoms with Gasteiger partial charge in [0.05, 0.1) is 12.1 Å². The third-order valence-electron chi connectivity index (χ3n) is 2.66. The molecule has 5 heteroatoms. The molecule has 0 atom stereocenters. The van der Waals surface area contributed by atoms with Gasteiger partial charge in [-0.1, -0.05) is 12.1 Å². The van der Waals surface area contributed by atoms with Crippen LogP contribution in [0.15, 0.2) is 24.3 Å². The zero-order chi connectivity index (χ0) is 12.4. The van der Waals surface area contributed by atoms with Crippen molar-refractivity contribution in [1.82, 2.24) is 14.8 Å². The number of aryl methyl sites for hydroxylation is 2. The summed E-state index contributed by atoms with van der Waals surface area (Å²) in [4.78, 5) is 10.7. The molecule has 0 saturated heterocycles. The Hall–Kier alpha value is -2.17. The van der Waals surface area contributed by atoms with Gasteiger partial charge >= 0.3 is 5.97 Å². The highest BCUT2D eigenvalue weighted by atomic mass is 16.4. The molecule has 0 fully saturated rings. The Kier molecular flexibility index (Phi) is 2.91. The third kappa shape index (κ3) is 2.33. The molecule has 2 rings (SSSR count). The van der Waals surface area contributed by atoms with E-state index in [2.05, 4.69) is 10.2 Å². The molecule has 0 aliphatic carbocycles. The summed E-state index contributed by atoms with van der Waals surface area (Å²) in [6, 6.07) is 6.82. The first kappa shape index (κ1) is 11.3. The number of benzene rings is 1. The summed E-state index contributed by atoms with van der Waals surface area (Å²) >= 11 is 0. The van der Waals surface area contributed by atoms with Crippen molar-refractivity contribution in [2.45, 2.75) is 20.4 Å². The SMILES string of the molecule is Cc1nnc(C)n1Cc1ccc(C(=O)O)cc1. The second-order valence-corrected chi connectivity index (χ2v) is 3.88. The zero-order valence-corrected chi connectivity index (χ0v) is 9.71. The maximum absolute atomic E-state index is 10.7. The number of nitrogens with zero attached hydrogens (tertiary/aromatic N) is 3. The Morgan fingerprint density at radius 1 is 1.18 bits per heavy atom. The molecular formula is C12H13N3O2. The lowest BCUT2D eigenvalue weighted by Gasteiger charge is -2.06. The predicted octanol–water partition coefficient (Wildman–Crippen LogP) is 1.64. The minimum Gasteiger partial charge on any atom is -0.478 e. The molecule has 17 heavy (non-hydrogen) atoms. The minimum absolute atomic E-state index is 0.297. The lowest BCUT2D eigenvalue weighted by atomic mass is 10.1. The monoisotopic (exact) mass is 231 g/mol. The van der Waals surface area contributed by atoms with Crippen LogP contribution in [0.4, 0.5) is 0 Å². The topological polar surface area (TPSA) is 68.0 Å². The number of rotatable bonds is 3. The average molecular weight is 231 g/mol. The van der Waals surface area contributed by atoms with Gasteiger partial charge < -0.3 is 9.67 Å². The van der Waals surface area contributed by atoms with Gasteiger partial charge in [0.15, 0.2) is 0 Å². The van der Waals surface area contributed by atoms with E-state index in [-0.39, 0.29) is 0 Å². The Morgan fingerprint density at radius 3 is 2.18 bits per heavy atom. The normalized spacial score (nSPS) is 10.5.